The van der Waals surface area contributed by atoms with Crippen LogP contribution in [0.5, 0.6) is 0 Å². The van der Waals surface area contributed by atoms with Gasteiger partial charge in [0, 0.05) is 42.6 Å². The maximum atomic E-state index is 6.18. The van der Waals surface area contributed by atoms with Crippen molar-refractivity contribution in [3.05, 3.63) is 47.7 Å². The van der Waals surface area contributed by atoms with Crippen LogP contribution in [0.25, 0.3) is 22.3 Å². The van der Waals surface area contributed by atoms with Crippen LogP contribution in [0.4, 0.5) is 5.69 Å². The number of nitrogens with zero attached hydrogens (tertiary/aromatic N) is 2. The standard InChI is InChI=1S/C16H15ClN2O/c1-3-19(2)14-5-4-6-15-12(14)9-16(20-15)11-7-8-18-10-13(11)17/h4-10H,3H2,1-2H3. The molecule has 3 aromatic rings. The van der Waals surface area contributed by atoms with Gasteiger partial charge in [0.25, 0.3) is 0 Å². The number of hydrogen-bond acceptors (Lipinski definition) is 3. The summed E-state index contributed by atoms with van der Waals surface area (Å²) >= 11 is 6.18. The Balaban J connectivity index is 2.19. The molecule has 0 N–H and O–H groups in total. The summed E-state index contributed by atoms with van der Waals surface area (Å²) in [6, 6.07) is 9.98. The van der Waals surface area contributed by atoms with Crippen molar-refractivity contribution in [2.75, 3.05) is 18.5 Å². The number of furan rings is 1. The molecule has 0 aliphatic carbocycles. The van der Waals surface area contributed by atoms with Crippen molar-refractivity contribution in [1.82, 2.24) is 4.98 Å². The molecule has 1 aromatic carbocycles. The molecule has 0 atom stereocenters. The van der Waals surface area contributed by atoms with E-state index in [9.17, 15) is 0 Å². The predicted octanol–water partition coefficient (Wildman–Crippen LogP) is 4.60. The van der Waals surface area contributed by atoms with Gasteiger partial charge in [0.1, 0.15) is 11.3 Å². The number of aromatic nitrogens is 1. The highest BCUT2D eigenvalue weighted by Gasteiger charge is 2.13. The van der Waals surface area contributed by atoms with Gasteiger partial charge in [0.05, 0.1) is 5.02 Å². The van der Waals surface area contributed by atoms with Gasteiger partial charge in [-0.05, 0) is 31.2 Å². The number of fused-ring (bicyclic) bond motifs is 1. The van der Waals surface area contributed by atoms with Gasteiger partial charge in [0.2, 0.25) is 0 Å². The summed E-state index contributed by atoms with van der Waals surface area (Å²) in [6.45, 7) is 3.06. The summed E-state index contributed by atoms with van der Waals surface area (Å²) < 4.78 is 5.93. The quantitative estimate of drug-likeness (QED) is 0.704. The van der Waals surface area contributed by atoms with Crippen molar-refractivity contribution >= 4 is 28.3 Å². The zero-order chi connectivity index (χ0) is 14.1. The lowest BCUT2D eigenvalue weighted by atomic mass is 10.1. The highest BCUT2D eigenvalue weighted by molar-refractivity contribution is 6.33. The van der Waals surface area contributed by atoms with Gasteiger partial charge < -0.3 is 9.32 Å². The smallest absolute Gasteiger partial charge is 0.137 e. The fourth-order valence-electron chi connectivity index (χ4n) is 2.26. The van der Waals surface area contributed by atoms with Crippen LogP contribution >= 0.6 is 11.6 Å². The molecule has 0 aliphatic heterocycles. The monoisotopic (exact) mass is 286 g/mol. The molecule has 2 aromatic heterocycles. The predicted molar refractivity (Wildman–Crippen MR) is 83.4 cm³/mol. The third-order valence-corrected chi connectivity index (χ3v) is 3.76. The Morgan fingerprint density at radius 2 is 2.15 bits per heavy atom. The summed E-state index contributed by atoms with van der Waals surface area (Å²) in [5.74, 6) is 0.768. The topological polar surface area (TPSA) is 29.3 Å². The second-order valence-electron chi connectivity index (χ2n) is 4.67. The summed E-state index contributed by atoms with van der Waals surface area (Å²) in [6.07, 6.45) is 3.34. The van der Waals surface area contributed by atoms with Crippen LogP contribution in [-0.4, -0.2) is 18.6 Å². The number of rotatable bonds is 3. The molecule has 0 bridgehead atoms. The maximum Gasteiger partial charge on any atom is 0.137 e. The zero-order valence-electron chi connectivity index (χ0n) is 11.4. The Morgan fingerprint density at radius 1 is 1.30 bits per heavy atom. The zero-order valence-corrected chi connectivity index (χ0v) is 12.2. The molecular weight excluding hydrogens is 272 g/mol. The van der Waals surface area contributed by atoms with Gasteiger partial charge in [0.15, 0.2) is 0 Å². The third-order valence-electron chi connectivity index (χ3n) is 3.46. The van der Waals surface area contributed by atoms with Crippen LogP contribution in [0.3, 0.4) is 0 Å². The molecule has 0 fully saturated rings. The molecule has 0 amide bonds. The van der Waals surface area contributed by atoms with Gasteiger partial charge in [-0.25, -0.2) is 0 Å². The highest BCUT2D eigenvalue weighted by Crippen LogP contribution is 2.35. The van der Waals surface area contributed by atoms with Gasteiger partial charge in [-0.2, -0.15) is 0 Å². The SMILES string of the molecule is CCN(C)c1cccc2oc(-c3ccncc3Cl)cc12. The van der Waals surface area contributed by atoms with E-state index in [4.69, 9.17) is 16.0 Å². The average molecular weight is 287 g/mol. The first-order chi connectivity index (χ1) is 9.70. The Bertz CT molecular complexity index is 751. The van der Waals surface area contributed by atoms with E-state index >= 15 is 0 Å². The van der Waals surface area contributed by atoms with Crippen LogP contribution in [0, 0.1) is 0 Å². The third kappa shape index (κ3) is 2.14. The van der Waals surface area contributed by atoms with E-state index in [1.54, 1.807) is 12.4 Å². The summed E-state index contributed by atoms with van der Waals surface area (Å²) in [4.78, 5) is 6.19. The second kappa shape index (κ2) is 5.17. The lowest BCUT2D eigenvalue weighted by Crippen LogP contribution is -2.15. The van der Waals surface area contributed by atoms with Crippen LogP contribution in [0.1, 0.15) is 6.92 Å². The van der Waals surface area contributed by atoms with Gasteiger partial charge >= 0.3 is 0 Å². The number of pyridine rings is 1. The second-order valence-corrected chi connectivity index (χ2v) is 5.08. The van der Waals surface area contributed by atoms with E-state index in [0.717, 1.165) is 34.5 Å². The van der Waals surface area contributed by atoms with Crippen molar-refractivity contribution in [3.8, 4) is 11.3 Å². The minimum atomic E-state index is 0.594. The van der Waals surface area contributed by atoms with E-state index < -0.39 is 0 Å². The van der Waals surface area contributed by atoms with Crippen LogP contribution in [0.15, 0.2) is 47.1 Å². The minimum Gasteiger partial charge on any atom is -0.456 e. The lowest BCUT2D eigenvalue weighted by molar-refractivity contribution is 0.631. The minimum absolute atomic E-state index is 0.594. The first-order valence-corrected chi connectivity index (χ1v) is 6.92. The number of halogens is 1. The van der Waals surface area contributed by atoms with Crippen LogP contribution in [0.2, 0.25) is 5.02 Å². The van der Waals surface area contributed by atoms with Crippen LogP contribution in [-0.2, 0) is 0 Å². The molecule has 0 radical (unpaired) electrons. The summed E-state index contributed by atoms with van der Waals surface area (Å²) in [5, 5.41) is 1.69. The fourth-order valence-corrected chi connectivity index (χ4v) is 2.47. The maximum absolute atomic E-state index is 6.18. The van der Waals surface area contributed by atoms with E-state index in [0.29, 0.717) is 5.02 Å². The van der Waals surface area contributed by atoms with Crippen molar-refractivity contribution < 1.29 is 4.42 Å². The van der Waals surface area contributed by atoms with Crippen molar-refractivity contribution in [2.45, 2.75) is 6.92 Å². The molecular formula is C16H15ClN2O. The number of anilines is 1. The molecule has 0 unspecified atom stereocenters. The number of benzene rings is 1. The van der Waals surface area contributed by atoms with Crippen molar-refractivity contribution in [1.29, 1.82) is 0 Å². The normalized spacial score (nSPS) is 10.9. The Kier molecular flexibility index (Phi) is 3.36. The number of hydrogen-bond donors (Lipinski definition) is 0. The molecule has 0 aliphatic rings. The molecule has 3 nitrogen and oxygen atoms in total. The first kappa shape index (κ1) is 13.0. The molecule has 20 heavy (non-hydrogen) atoms. The Morgan fingerprint density at radius 3 is 2.90 bits per heavy atom. The molecule has 2 heterocycles. The molecule has 0 saturated carbocycles. The average Bonchev–Trinajstić information content (AvgIpc) is 2.90. The Hall–Kier alpha value is -2.00. The van der Waals surface area contributed by atoms with Gasteiger partial charge in [-0.1, -0.05) is 17.7 Å². The lowest BCUT2D eigenvalue weighted by Gasteiger charge is -2.17. The molecule has 0 spiro atoms. The van der Waals surface area contributed by atoms with E-state index in [-0.39, 0.29) is 0 Å². The highest BCUT2D eigenvalue weighted by atomic mass is 35.5. The molecule has 102 valence electrons. The van der Waals surface area contributed by atoms with E-state index in [1.165, 1.54) is 0 Å². The molecule has 4 heteroatoms. The van der Waals surface area contributed by atoms with Crippen molar-refractivity contribution in [2.24, 2.45) is 0 Å². The molecule has 3 rings (SSSR count). The van der Waals surface area contributed by atoms with E-state index in [1.807, 2.05) is 24.3 Å². The van der Waals surface area contributed by atoms with Crippen molar-refractivity contribution in [3.63, 3.8) is 0 Å². The fraction of sp³-hybridized carbons (Fsp3) is 0.188. The van der Waals surface area contributed by atoms with Gasteiger partial charge in [-0.3, -0.25) is 4.98 Å². The molecule has 0 saturated heterocycles. The van der Waals surface area contributed by atoms with E-state index in [2.05, 4.69) is 29.9 Å². The summed E-state index contributed by atoms with van der Waals surface area (Å²) in [7, 11) is 2.07. The van der Waals surface area contributed by atoms with Gasteiger partial charge in [-0.15, -0.1) is 0 Å². The largest absolute Gasteiger partial charge is 0.456 e. The Labute approximate surface area is 122 Å². The first-order valence-electron chi connectivity index (χ1n) is 6.54. The summed E-state index contributed by atoms with van der Waals surface area (Å²) in [5.41, 5.74) is 2.89. The van der Waals surface area contributed by atoms with Crippen LogP contribution < -0.4 is 4.90 Å².